The molecule has 0 saturated heterocycles. The molecule has 154 valence electrons. The lowest BCUT2D eigenvalue weighted by molar-refractivity contribution is 0.460. The molecule has 4 nitrogen and oxygen atoms in total. The van der Waals surface area contributed by atoms with E-state index in [-0.39, 0.29) is 0 Å². The summed E-state index contributed by atoms with van der Waals surface area (Å²) in [5.41, 5.74) is 3.69. The molecule has 1 aromatic heterocycles. The van der Waals surface area contributed by atoms with Gasteiger partial charge in [-0.05, 0) is 50.0 Å². The van der Waals surface area contributed by atoms with E-state index in [4.69, 9.17) is 4.98 Å². The molecule has 0 aliphatic heterocycles. The Morgan fingerprint density at radius 1 is 1.21 bits per heavy atom. The van der Waals surface area contributed by atoms with Crippen LogP contribution >= 0.6 is 0 Å². The molecular formula is C24H38N4. The summed E-state index contributed by atoms with van der Waals surface area (Å²) >= 11 is 0. The normalized spacial score (nSPS) is 20.1. The first kappa shape index (κ1) is 20.9. The van der Waals surface area contributed by atoms with Crippen molar-refractivity contribution >= 4 is 11.5 Å². The van der Waals surface area contributed by atoms with Gasteiger partial charge >= 0.3 is 0 Å². The average molecular weight is 383 g/mol. The number of aromatic nitrogens is 2. The van der Waals surface area contributed by atoms with Crippen LogP contribution in [0.1, 0.15) is 77.3 Å². The topological polar surface area (TPSA) is 41.1 Å². The van der Waals surface area contributed by atoms with Crippen molar-refractivity contribution in [2.45, 2.75) is 77.7 Å². The van der Waals surface area contributed by atoms with Gasteiger partial charge in [-0.1, -0.05) is 51.7 Å². The fourth-order valence-corrected chi connectivity index (χ4v) is 3.86. The maximum Gasteiger partial charge on any atom is 0.223 e. The van der Waals surface area contributed by atoms with Crippen LogP contribution < -0.4 is 5.32 Å². The van der Waals surface area contributed by atoms with Gasteiger partial charge in [0.1, 0.15) is 0 Å². The summed E-state index contributed by atoms with van der Waals surface area (Å²) in [6, 6.07) is 2.59. The minimum absolute atomic E-state index is 0.520. The predicted molar refractivity (Wildman–Crippen MR) is 119 cm³/mol. The lowest BCUT2D eigenvalue weighted by Gasteiger charge is -2.24. The van der Waals surface area contributed by atoms with Crippen LogP contribution in [0.2, 0.25) is 0 Å². The predicted octanol–water partition coefficient (Wildman–Crippen LogP) is 5.90. The van der Waals surface area contributed by atoms with Gasteiger partial charge in [0.2, 0.25) is 5.95 Å². The van der Waals surface area contributed by atoms with E-state index in [2.05, 4.69) is 61.4 Å². The highest BCUT2D eigenvalue weighted by atomic mass is 15.1. The van der Waals surface area contributed by atoms with Gasteiger partial charge in [-0.25, -0.2) is 9.97 Å². The molecule has 28 heavy (non-hydrogen) atoms. The van der Waals surface area contributed by atoms with Gasteiger partial charge in [0.05, 0.1) is 5.69 Å². The van der Waals surface area contributed by atoms with Crippen molar-refractivity contribution in [1.29, 1.82) is 0 Å². The minimum atomic E-state index is 0.520. The SMILES string of the molecule is CCC(C)/C=C/C(=C(/CC1CC1)N(C)C)c1ccnc(NC2CCCCC2)n1. The Morgan fingerprint density at radius 2 is 1.96 bits per heavy atom. The second-order valence-electron chi connectivity index (χ2n) is 8.89. The Morgan fingerprint density at radius 3 is 2.61 bits per heavy atom. The Balaban J connectivity index is 1.90. The molecule has 1 atom stereocenters. The summed E-state index contributed by atoms with van der Waals surface area (Å²) in [6.07, 6.45) is 18.0. The van der Waals surface area contributed by atoms with Gasteiger partial charge in [-0.15, -0.1) is 0 Å². The second-order valence-corrected chi connectivity index (χ2v) is 8.89. The number of hydrogen-bond donors (Lipinski definition) is 1. The number of hydrogen-bond acceptors (Lipinski definition) is 4. The molecule has 1 heterocycles. The van der Waals surface area contributed by atoms with Gasteiger partial charge in [0.25, 0.3) is 0 Å². The van der Waals surface area contributed by atoms with Crippen LogP contribution in [0.4, 0.5) is 5.95 Å². The summed E-state index contributed by atoms with van der Waals surface area (Å²) in [4.78, 5) is 11.7. The average Bonchev–Trinajstić information content (AvgIpc) is 3.52. The molecule has 2 fully saturated rings. The first-order valence-electron chi connectivity index (χ1n) is 11.3. The number of rotatable bonds is 9. The first-order chi connectivity index (χ1) is 13.6. The molecule has 4 heteroatoms. The van der Waals surface area contributed by atoms with E-state index in [1.54, 1.807) is 0 Å². The molecular weight excluding hydrogens is 344 g/mol. The summed E-state index contributed by atoms with van der Waals surface area (Å²) in [5, 5.41) is 3.59. The molecule has 0 bridgehead atoms. The highest BCUT2D eigenvalue weighted by Gasteiger charge is 2.25. The fraction of sp³-hybridized carbons (Fsp3) is 0.667. The standard InChI is InChI=1S/C24H38N4/c1-5-18(2)11-14-21(23(28(3)4)17-19-12-13-19)22-15-16-25-24(27-22)26-20-9-7-6-8-10-20/h11,14-16,18-20H,5-10,12-13,17H2,1-4H3,(H,25,26,27)/b14-11+,23-21+. The highest BCUT2D eigenvalue weighted by Crippen LogP contribution is 2.38. The van der Waals surface area contributed by atoms with E-state index in [1.807, 2.05) is 6.20 Å². The molecule has 2 saturated carbocycles. The van der Waals surface area contributed by atoms with Crippen molar-refractivity contribution in [3.05, 3.63) is 35.8 Å². The van der Waals surface area contributed by atoms with Crippen LogP contribution in [0.5, 0.6) is 0 Å². The van der Waals surface area contributed by atoms with E-state index in [1.165, 1.54) is 56.2 Å². The maximum absolute atomic E-state index is 4.94. The van der Waals surface area contributed by atoms with Crippen LogP contribution in [0.15, 0.2) is 30.1 Å². The van der Waals surface area contributed by atoms with Crippen molar-refractivity contribution < 1.29 is 0 Å². The van der Waals surface area contributed by atoms with Gasteiger partial charge < -0.3 is 10.2 Å². The lowest BCUT2D eigenvalue weighted by atomic mass is 9.96. The smallest absolute Gasteiger partial charge is 0.223 e. The molecule has 0 amide bonds. The second kappa shape index (κ2) is 10.1. The summed E-state index contributed by atoms with van der Waals surface area (Å²) in [5.74, 6) is 2.19. The molecule has 1 unspecified atom stereocenters. The van der Waals surface area contributed by atoms with E-state index in [0.29, 0.717) is 12.0 Å². The number of anilines is 1. The van der Waals surface area contributed by atoms with Gasteiger partial charge in [0, 0.05) is 37.6 Å². The molecule has 3 rings (SSSR count). The van der Waals surface area contributed by atoms with Crippen molar-refractivity contribution in [2.75, 3.05) is 19.4 Å². The maximum atomic E-state index is 4.94. The number of allylic oxidation sites excluding steroid dienone is 4. The number of nitrogens with zero attached hydrogens (tertiary/aromatic N) is 3. The van der Waals surface area contributed by atoms with Crippen molar-refractivity contribution in [2.24, 2.45) is 11.8 Å². The van der Waals surface area contributed by atoms with Crippen molar-refractivity contribution in [1.82, 2.24) is 14.9 Å². The molecule has 0 spiro atoms. The van der Waals surface area contributed by atoms with Crippen LogP contribution in [-0.4, -0.2) is 35.0 Å². The Bertz CT molecular complexity index is 682. The molecule has 1 aromatic rings. The monoisotopic (exact) mass is 382 g/mol. The minimum Gasteiger partial charge on any atom is -0.380 e. The molecule has 0 radical (unpaired) electrons. The summed E-state index contributed by atoms with van der Waals surface area (Å²) in [7, 11) is 4.33. The Kier molecular flexibility index (Phi) is 7.52. The molecule has 2 aliphatic carbocycles. The zero-order chi connectivity index (χ0) is 19.9. The zero-order valence-corrected chi connectivity index (χ0v) is 18.2. The summed E-state index contributed by atoms with van der Waals surface area (Å²) < 4.78 is 0. The van der Waals surface area contributed by atoms with Crippen molar-refractivity contribution in [3.63, 3.8) is 0 Å². The number of nitrogens with one attached hydrogen (secondary N) is 1. The third-order valence-electron chi connectivity index (χ3n) is 6.13. The van der Waals surface area contributed by atoms with Gasteiger partial charge in [-0.3, -0.25) is 0 Å². The highest BCUT2D eigenvalue weighted by molar-refractivity contribution is 5.74. The largest absolute Gasteiger partial charge is 0.380 e. The van der Waals surface area contributed by atoms with E-state index < -0.39 is 0 Å². The fourth-order valence-electron chi connectivity index (χ4n) is 3.86. The lowest BCUT2D eigenvalue weighted by Crippen LogP contribution is -2.23. The van der Waals surface area contributed by atoms with Gasteiger partial charge in [0.15, 0.2) is 0 Å². The quantitative estimate of drug-likeness (QED) is 0.540. The van der Waals surface area contributed by atoms with Crippen molar-refractivity contribution in [3.8, 4) is 0 Å². The molecule has 0 aromatic carbocycles. The van der Waals surface area contributed by atoms with Gasteiger partial charge in [-0.2, -0.15) is 0 Å². The Hall–Kier alpha value is -1.84. The Labute approximate surface area is 171 Å². The van der Waals surface area contributed by atoms with Crippen LogP contribution in [0.3, 0.4) is 0 Å². The molecule has 2 aliphatic rings. The zero-order valence-electron chi connectivity index (χ0n) is 18.2. The third kappa shape index (κ3) is 6.08. The van der Waals surface area contributed by atoms with Crippen LogP contribution in [0.25, 0.3) is 5.57 Å². The first-order valence-corrected chi connectivity index (χ1v) is 11.3. The van der Waals surface area contributed by atoms with Crippen LogP contribution in [-0.2, 0) is 0 Å². The van der Waals surface area contributed by atoms with E-state index in [9.17, 15) is 0 Å². The van der Waals surface area contributed by atoms with E-state index >= 15 is 0 Å². The van der Waals surface area contributed by atoms with E-state index in [0.717, 1.165) is 30.4 Å². The summed E-state index contributed by atoms with van der Waals surface area (Å²) in [6.45, 7) is 4.52. The van der Waals surface area contributed by atoms with Crippen LogP contribution in [0, 0.1) is 11.8 Å². The third-order valence-corrected chi connectivity index (χ3v) is 6.13. The molecule has 1 N–H and O–H groups in total.